The Morgan fingerprint density at radius 1 is 0.747 bits per heavy atom. The highest BCUT2D eigenvalue weighted by Crippen LogP contribution is 2.52. The fourth-order valence-electron chi connectivity index (χ4n) is 11.0. The van der Waals surface area contributed by atoms with E-state index in [-0.39, 0.29) is 55.9 Å². The highest BCUT2D eigenvalue weighted by Gasteiger charge is 2.47. The van der Waals surface area contributed by atoms with Gasteiger partial charge in [-0.25, -0.2) is 29.9 Å². The summed E-state index contributed by atoms with van der Waals surface area (Å²) < 4.78 is 51.2. The van der Waals surface area contributed by atoms with Gasteiger partial charge in [-0.1, -0.05) is 129 Å². The quantitative estimate of drug-likeness (QED) is 0.0273. The Hall–Kier alpha value is -8.68. The van der Waals surface area contributed by atoms with Crippen LogP contribution in [0.1, 0.15) is 101 Å². The van der Waals surface area contributed by atoms with Gasteiger partial charge in [0.25, 0.3) is 11.8 Å². The molecule has 11 rings (SSSR count). The molecule has 2 fully saturated rings. The standard InChI is InChI=1S/C65H66N11O10P/c1-6-32-64(4,7-2)53(31-33-66)86-87(82-37-51-49(77)34-54(83-51)75-40-71-56-58(67-38-69-60(56)75)73-62(78)43-17-11-8-12-18-43)85-50-35-55(76-41-72-57-59(68-39-70-61(57)76)74-63(79)44-19-13-9-14-20-44)84-52(50)36-81-65(45-21-15-10-16-22-45,46-25-23-42(3)24-26-46)47-27-29-48(80-5)30-28-47/h6,8-30,38-41,49-55,77H,1,7,31-32,34-37H2,2-5H3,(H,67,69,73,78)(H,68,70,74,79). The number of carbonyl (C=O) groups is 2. The van der Waals surface area contributed by atoms with Gasteiger partial charge in [0.1, 0.15) is 48.7 Å². The van der Waals surface area contributed by atoms with E-state index < -0.39 is 62.6 Å². The predicted octanol–water partition coefficient (Wildman–Crippen LogP) is 11.4. The summed E-state index contributed by atoms with van der Waals surface area (Å²) in [5.74, 6) is 0.359. The Kier molecular flexibility index (Phi) is 18.6. The molecule has 5 aromatic carbocycles. The number of carbonyl (C=O) groups excluding carboxylic acids is 2. The van der Waals surface area contributed by atoms with Crippen molar-refractivity contribution in [2.75, 3.05) is 31.0 Å². The van der Waals surface area contributed by atoms with E-state index in [1.54, 1.807) is 71.1 Å². The van der Waals surface area contributed by atoms with Gasteiger partial charge >= 0.3 is 8.60 Å². The van der Waals surface area contributed by atoms with Crippen LogP contribution in [-0.4, -0.2) is 107 Å². The van der Waals surface area contributed by atoms with Crippen LogP contribution in [0, 0.1) is 23.7 Å². The number of nitrogens with one attached hydrogen (secondary N) is 2. The third kappa shape index (κ3) is 12.9. The second kappa shape index (κ2) is 26.9. The van der Waals surface area contributed by atoms with Gasteiger partial charge in [-0.2, -0.15) is 5.26 Å². The number of benzene rings is 5. The highest BCUT2D eigenvalue weighted by atomic mass is 31.2. The van der Waals surface area contributed by atoms with Crippen molar-refractivity contribution in [2.45, 2.75) is 101 Å². The Morgan fingerprint density at radius 2 is 1.28 bits per heavy atom. The Morgan fingerprint density at radius 3 is 1.82 bits per heavy atom. The molecule has 9 aromatic rings. The van der Waals surface area contributed by atoms with Gasteiger partial charge in [0.2, 0.25) is 0 Å². The molecule has 10 atom stereocenters. The van der Waals surface area contributed by atoms with Crippen LogP contribution in [0.3, 0.4) is 0 Å². The van der Waals surface area contributed by atoms with Crippen LogP contribution in [0.5, 0.6) is 5.75 Å². The van der Waals surface area contributed by atoms with Gasteiger partial charge in [0, 0.05) is 24.0 Å². The molecule has 2 aliphatic rings. The second-order valence-electron chi connectivity index (χ2n) is 21.6. The smallest absolute Gasteiger partial charge is 0.333 e. The number of fused-ring (bicyclic) bond motifs is 2. The minimum Gasteiger partial charge on any atom is -0.497 e. The second-order valence-corrected chi connectivity index (χ2v) is 22.7. The average Bonchev–Trinajstić information content (AvgIpc) is 3.02. The van der Waals surface area contributed by atoms with Gasteiger partial charge in [0.05, 0.1) is 63.8 Å². The number of methoxy groups -OCH3 is 1. The first-order chi connectivity index (χ1) is 42.4. The summed E-state index contributed by atoms with van der Waals surface area (Å²) in [5.41, 5.74) is 4.11. The molecule has 22 heteroatoms. The number of aryl methyl sites for hydroxylation is 1. The third-order valence-corrected chi connectivity index (χ3v) is 17.3. The number of allylic oxidation sites excluding steroid dienone is 1. The molecule has 10 unspecified atom stereocenters. The molecule has 2 saturated heterocycles. The first-order valence-corrected chi connectivity index (χ1v) is 29.7. The molecule has 0 radical (unpaired) electrons. The lowest BCUT2D eigenvalue weighted by Crippen LogP contribution is -2.38. The third-order valence-electron chi connectivity index (χ3n) is 16.1. The van der Waals surface area contributed by atoms with Crippen molar-refractivity contribution in [3.05, 3.63) is 211 Å². The van der Waals surface area contributed by atoms with Crippen LogP contribution in [0.4, 0.5) is 11.6 Å². The normalized spacial score (nSPS) is 20.5. The molecule has 0 aliphatic carbocycles. The number of amides is 2. The SMILES string of the molecule is C=CCC(C)(CC)C(CC#N)OP(OCC1OC(n2cnc3c(NC(=O)c4ccccc4)ncnc32)CC1O)OC1CC(n2cnc3c(NC(=O)c4ccccc4)ncnc32)OC1COC(c1ccccc1)(c1ccc(C)cc1)c1ccc(OC)cc1. The van der Waals surface area contributed by atoms with Gasteiger partial charge in [0.15, 0.2) is 34.0 Å². The van der Waals surface area contributed by atoms with E-state index in [0.29, 0.717) is 52.0 Å². The van der Waals surface area contributed by atoms with Crippen molar-refractivity contribution >= 4 is 54.4 Å². The molecule has 21 nitrogen and oxygen atoms in total. The van der Waals surface area contributed by atoms with Crippen LogP contribution in [0.15, 0.2) is 177 Å². The highest BCUT2D eigenvalue weighted by molar-refractivity contribution is 7.41. The number of rotatable bonds is 25. The number of nitriles is 1. The largest absolute Gasteiger partial charge is 0.497 e. The van der Waals surface area contributed by atoms with E-state index in [0.717, 1.165) is 22.3 Å². The molecular formula is C65H66N11O10P. The predicted molar refractivity (Wildman–Crippen MR) is 325 cm³/mol. The van der Waals surface area contributed by atoms with E-state index in [2.05, 4.69) is 72.5 Å². The summed E-state index contributed by atoms with van der Waals surface area (Å²) in [6.45, 7) is 9.89. The molecule has 2 aliphatic heterocycles. The zero-order chi connectivity index (χ0) is 60.5. The number of hydrogen-bond donors (Lipinski definition) is 3. The van der Waals surface area contributed by atoms with Crippen molar-refractivity contribution < 1.29 is 47.2 Å². The number of anilines is 2. The molecule has 0 bridgehead atoms. The molecule has 87 heavy (non-hydrogen) atoms. The Bertz CT molecular complexity index is 3860. The molecule has 4 aromatic heterocycles. The van der Waals surface area contributed by atoms with Crippen molar-refractivity contribution in [2.24, 2.45) is 5.41 Å². The number of hydrogen-bond acceptors (Lipinski definition) is 17. The van der Waals surface area contributed by atoms with Crippen molar-refractivity contribution in [1.29, 1.82) is 5.26 Å². The van der Waals surface area contributed by atoms with Gasteiger partial charge in [-0.3, -0.25) is 18.7 Å². The Balaban J connectivity index is 0.930. The van der Waals surface area contributed by atoms with Crippen LogP contribution >= 0.6 is 8.60 Å². The fourth-order valence-corrected chi connectivity index (χ4v) is 12.4. The van der Waals surface area contributed by atoms with Gasteiger partial charge in [-0.15, -0.1) is 6.58 Å². The van der Waals surface area contributed by atoms with Gasteiger partial charge in [-0.05, 0) is 78.3 Å². The van der Waals surface area contributed by atoms with E-state index in [1.807, 2.05) is 93.6 Å². The molecule has 2 amide bonds. The first kappa shape index (κ1) is 60.0. The summed E-state index contributed by atoms with van der Waals surface area (Å²) >= 11 is 0. The molecular weight excluding hydrogens is 1130 g/mol. The number of nitrogens with zero attached hydrogens (tertiary/aromatic N) is 9. The van der Waals surface area contributed by atoms with Crippen molar-refractivity contribution in [3.8, 4) is 11.8 Å². The van der Waals surface area contributed by atoms with E-state index >= 15 is 0 Å². The summed E-state index contributed by atoms with van der Waals surface area (Å²) in [5, 5.41) is 27.9. The van der Waals surface area contributed by atoms with Crippen LogP contribution in [0.25, 0.3) is 22.3 Å². The first-order valence-electron chi connectivity index (χ1n) is 28.6. The van der Waals surface area contributed by atoms with E-state index in [1.165, 1.54) is 19.0 Å². The lowest BCUT2D eigenvalue weighted by molar-refractivity contribution is -0.0942. The summed E-state index contributed by atoms with van der Waals surface area (Å²) in [4.78, 5) is 53.8. The summed E-state index contributed by atoms with van der Waals surface area (Å²) in [7, 11) is -0.793. The maximum Gasteiger partial charge on any atom is 0.333 e. The molecule has 6 heterocycles. The number of aliphatic hydroxyl groups excluding tert-OH is 1. The average molecular weight is 1190 g/mol. The number of aliphatic hydroxyl groups is 1. The number of imidazole rings is 2. The minimum absolute atomic E-state index is 0.00404. The van der Waals surface area contributed by atoms with Gasteiger partial charge < -0.3 is 48.3 Å². The van der Waals surface area contributed by atoms with E-state index in [4.69, 9.17) is 37.5 Å². The molecule has 0 spiro atoms. The maximum absolute atomic E-state index is 13.5. The van der Waals surface area contributed by atoms with Crippen LogP contribution in [-0.2, 0) is 33.4 Å². The van der Waals surface area contributed by atoms with Crippen molar-refractivity contribution in [1.82, 2.24) is 39.0 Å². The van der Waals surface area contributed by atoms with Crippen molar-refractivity contribution in [3.63, 3.8) is 0 Å². The topological polar surface area (TPSA) is 254 Å². The lowest BCUT2D eigenvalue weighted by Gasteiger charge is -2.38. The Labute approximate surface area is 504 Å². The summed E-state index contributed by atoms with van der Waals surface area (Å²) in [6.07, 6.45) is 3.19. The lowest BCUT2D eigenvalue weighted by atomic mass is 9.77. The van der Waals surface area contributed by atoms with E-state index in [9.17, 15) is 20.0 Å². The van der Waals surface area contributed by atoms with Crippen LogP contribution in [0.2, 0.25) is 0 Å². The monoisotopic (exact) mass is 1190 g/mol. The summed E-state index contributed by atoms with van der Waals surface area (Å²) in [6, 6.07) is 45.9. The maximum atomic E-state index is 13.5. The fraction of sp³-hybridized carbons (Fsp3) is 0.308. The zero-order valence-corrected chi connectivity index (χ0v) is 49.4. The van der Waals surface area contributed by atoms with Crippen LogP contribution < -0.4 is 15.4 Å². The number of ether oxygens (including phenoxy) is 4. The molecule has 0 saturated carbocycles. The zero-order valence-electron chi connectivity index (χ0n) is 48.5. The number of aromatic nitrogens is 8. The molecule has 446 valence electrons. The molecule has 3 N–H and O–H groups in total. The minimum atomic E-state index is -2.42.